The van der Waals surface area contributed by atoms with Crippen molar-refractivity contribution in [2.24, 2.45) is 0 Å². The molecule has 11 heteroatoms. The van der Waals surface area contributed by atoms with Crippen molar-refractivity contribution in [2.75, 3.05) is 17.8 Å². The maximum Gasteiger partial charge on any atom is 0.453 e. The first-order chi connectivity index (χ1) is 14.3. The molecule has 1 heterocycles. The monoisotopic (exact) mass is 437 g/mol. The number of hydrogen-bond donors (Lipinski definition) is 2. The number of nitrogen functional groups attached to an aromatic ring is 1. The topological polar surface area (TPSA) is 95.1 Å². The van der Waals surface area contributed by atoms with E-state index in [9.17, 15) is 18.0 Å². The molecule has 158 valence electrons. The van der Waals surface area contributed by atoms with Crippen LogP contribution < -0.4 is 15.9 Å². The molecule has 0 saturated heterocycles. The third-order valence-corrected chi connectivity index (χ3v) is 5.14. The second kappa shape index (κ2) is 9.08. The average Bonchev–Trinajstić information content (AvgIpc) is 3.09. The molecule has 0 bridgehead atoms. The van der Waals surface area contributed by atoms with Gasteiger partial charge in [-0.05, 0) is 24.6 Å². The maximum atomic E-state index is 13.1. The number of nitrogens with one attached hydrogen (secondary N) is 1. The molecule has 3 aromatic rings. The van der Waals surface area contributed by atoms with Crippen LogP contribution in [0, 0.1) is 0 Å². The number of aromatic nitrogens is 3. The molecule has 30 heavy (non-hydrogen) atoms. The zero-order valence-electron chi connectivity index (χ0n) is 15.8. The molecule has 1 aromatic heterocycles. The van der Waals surface area contributed by atoms with Crippen molar-refractivity contribution in [3.63, 3.8) is 0 Å². The summed E-state index contributed by atoms with van der Waals surface area (Å²) < 4.78 is 44.8. The Kier molecular flexibility index (Phi) is 6.50. The van der Waals surface area contributed by atoms with E-state index in [1.807, 2.05) is 6.92 Å². The first-order valence-electron chi connectivity index (χ1n) is 8.83. The zero-order valence-corrected chi connectivity index (χ0v) is 16.6. The molecule has 1 atom stereocenters. The summed E-state index contributed by atoms with van der Waals surface area (Å²) in [5.41, 5.74) is 1.00. The van der Waals surface area contributed by atoms with Gasteiger partial charge in [0.15, 0.2) is 0 Å². The second-order valence-electron chi connectivity index (χ2n) is 6.00. The van der Waals surface area contributed by atoms with Crippen molar-refractivity contribution in [3.8, 4) is 5.75 Å². The third kappa shape index (κ3) is 4.85. The SMILES string of the molecule is CCOc1ccccc1NC(=O)[C@@H](Sc1nnc(C(F)(F)F)n1N)c1ccccc1. The highest BCUT2D eigenvalue weighted by molar-refractivity contribution is 8.00. The van der Waals surface area contributed by atoms with Gasteiger partial charge in [-0.25, -0.2) is 4.68 Å². The summed E-state index contributed by atoms with van der Waals surface area (Å²) in [6.45, 7) is 2.22. The van der Waals surface area contributed by atoms with E-state index < -0.39 is 23.2 Å². The number of thioether (sulfide) groups is 1. The van der Waals surface area contributed by atoms with Gasteiger partial charge in [-0.2, -0.15) is 13.2 Å². The first-order valence-corrected chi connectivity index (χ1v) is 9.71. The van der Waals surface area contributed by atoms with Gasteiger partial charge in [0.25, 0.3) is 5.82 Å². The molecular formula is C19H18F3N5O2S. The highest BCUT2D eigenvalue weighted by Crippen LogP contribution is 2.37. The molecular weight excluding hydrogens is 419 g/mol. The van der Waals surface area contributed by atoms with Crippen molar-refractivity contribution in [1.82, 2.24) is 14.9 Å². The maximum absolute atomic E-state index is 13.1. The number of alkyl halides is 3. The molecule has 0 spiro atoms. The highest BCUT2D eigenvalue weighted by Gasteiger charge is 2.39. The number of amides is 1. The van der Waals surface area contributed by atoms with Crippen molar-refractivity contribution >= 4 is 23.4 Å². The van der Waals surface area contributed by atoms with Crippen LogP contribution in [0.4, 0.5) is 18.9 Å². The summed E-state index contributed by atoms with van der Waals surface area (Å²) in [6.07, 6.45) is -4.76. The largest absolute Gasteiger partial charge is 0.492 e. The Morgan fingerprint density at radius 3 is 2.47 bits per heavy atom. The molecule has 1 amide bonds. The second-order valence-corrected chi connectivity index (χ2v) is 7.07. The lowest BCUT2D eigenvalue weighted by molar-refractivity contribution is -0.146. The fraction of sp³-hybridized carbons (Fsp3) is 0.211. The standard InChI is InChI=1S/C19H18F3N5O2S/c1-2-29-14-11-7-6-10-13(14)24-16(28)15(12-8-4-3-5-9-12)30-18-26-25-17(27(18)23)19(20,21)22/h3-11,15H,2,23H2,1H3,(H,24,28)/t15-/m0/s1. The molecule has 0 aliphatic rings. The molecule has 7 nitrogen and oxygen atoms in total. The van der Waals surface area contributed by atoms with Gasteiger partial charge in [-0.1, -0.05) is 54.2 Å². The number of benzene rings is 2. The molecule has 0 aliphatic carbocycles. The van der Waals surface area contributed by atoms with Crippen LogP contribution in [0.3, 0.4) is 0 Å². The minimum absolute atomic E-state index is 0.246. The quantitative estimate of drug-likeness (QED) is 0.430. The average molecular weight is 437 g/mol. The minimum atomic E-state index is -4.76. The van der Waals surface area contributed by atoms with Crippen LogP contribution in [0.25, 0.3) is 0 Å². The van der Waals surface area contributed by atoms with Gasteiger partial charge < -0.3 is 15.9 Å². The van der Waals surface area contributed by atoms with Crippen LogP contribution in [-0.2, 0) is 11.0 Å². The molecule has 2 aromatic carbocycles. The van der Waals surface area contributed by atoms with Crippen LogP contribution in [-0.4, -0.2) is 27.4 Å². The van der Waals surface area contributed by atoms with Gasteiger partial charge in [0.2, 0.25) is 11.1 Å². The Morgan fingerprint density at radius 1 is 1.17 bits per heavy atom. The Labute approximate surface area is 174 Å². The molecule has 3 rings (SSSR count). The fourth-order valence-electron chi connectivity index (χ4n) is 2.61. The van der Waals surface area contributed by atoms with E-state index in [0.717, 1.165) is 11.8 Å². The Balaban J connectivity index is 1.91. The van der Waals surface area contributed by atoms with E-state index in [1.165, 1.54) is 0 Å². The van der Waals surface area contributed by atoms with Crippen LogP contribution in [0.5, 0.6) is 5.75 Å². The van der Waals surface area contributed by atoms with Gasteiger partial charge in [0.1, 0.15) is 11.0 Å². The third-order valence-electron chi connectivity index (χ3n) is 3.93. The number of rotatable bonds is 7. The molecule has 0 radical (unpaired) electrons. The van der Waals surface area contributed by atoms with Crippen molar-refractivity contribution in [2.45, 2.75) is 23.5 Å². The van der Waals surface area contributed by atoms with Crippen LogP contribution in [0.15, 0.2) is 59.8 Å². The summed E-state index contributed by atoms with van der Waals surface area (Å²) in [5.74, 6) is 4.18. The predicted molar refractivity (Wildman–Crippen MR) is 106 cm³/mol. The summed E-state index contributed by atoms with van der Waals surface area (Å²) in [5, 5.41) is 8.20. The van der Waals surface area contributed by atoms with Gasteiger partial charge in [-0.3, -0.25) is 4.79 Å². The number of nitrogens with two attached hydrogens (primary N) is 1. The van der Waals surface area contributed by atoms with Gasteiger partial charge >= 0.3 is 6.18 Å². The number of halogens is 3. The lowest BCUT2D eigenvalue weighted by atomic mass is 10.1. The van der Waals surface area contributed by atoms with E-state index >= 15 is 0 Å². The normalized spacial score (nSPS) is 12.4. The van der Waals surface area contributed by atoms with Crippen LogP contribution in [0.1, 0.15) is 23.6 Å². The number of anilines is 1. The Morgan fingerprint density at radius 2 is 1.83 bits per heavy atom. The summed E-state index contributed by atoms with van der Waals surface area (Å²) in [4.78, 5) is 13.1. The fourth-order valence-corrected chi connectivity index (χ4v) is 3.56. The number of para-hydroxylation sites is 2. The van der Waals surface area contributed by atoms with E-state index in [2.05, 4.69) is 15.5 Å². The summed E-state index contributed by atoms with van der Waals surface area (Å²) in [7, 11) is 0. The zero-order chi connectivity index (χ0) is 21.7. The summed E-state index contributed by atoms with van der Waals surface area (Å²) >= 11 is 0.763. The van der Waals surface area contributed by atoms with E-state index in [0.29, 0.717) is 28.3 Å². The Hall–Kier alpha value is -3.21. The highest BCUT2D eigenvalue weighted by atomic mass is 32.2. The smallest absolute Gasteiger partial charge is 0.453 e. The number of ether oxygens (including phenoxy) is 1. The van der Waals surface area contributed by atoms with Gasteiger partial charge in [-0.15, -0.1) is 10.2 Å². The number of carbonyl (C=O) groups is 1. The van der Waals surface area contributed by atoms with Gasteiger partial charge in [0.05, 0.1) is 12.3 Å². The molecule has 0 aliphatic heterocycles. The molecule has 0 saturated carbocycles. The molecule has 0 fully saturated rings. The van der Waals surface area contributed by atoms with E-state index in [4.69, 9.17) is 10.6 Å². The number of nitrogens with zero attached hydrogens (tertiary/aromatic N) is 3. The molecule has 0 unspecified atom stereocenters. The van der Waals surface area contributed by atoms with Crippen LogP contribution >= 0.6 is 11.8 Å². The lowest BCUT2D eigenvalue weighted by Crippen LogP contribution is -2.23. The Bertz CT molecular complexity index is 1010. The predicted octanol–water partition coefficient (Wildman–Crippen LogP) is 3.88. The van der Waals surface area contributed by atoms with Crippen molar-refractivity contribution < 1.29 is 22.7 Å². The van der Waals surface area contributed by atoms with E-state index in [-0.39, 0.29) is 5.16 Å². The number of hydrogen-bond acceptors (Lipinski definition) is 6. The van der Waals surface area contributed by atoms with Crippen molar-refractivity contribution in [1.29, 1.82) is 0 Å². The minimum Gasteiger partial charge on any atom is -0.492 e. The van der Waals surface area contributed by atoms with Crippen LogP contribution in [0.2, 0.25) is 0 Å². The summed E-state index contributed by atoms with van der Waals surface area (Å²) in [6, 6.07) is 15.5. The number of carbonyl (C=O) groups excluding carboxylic acids is 1. The first kappa shape index (κ1) is 21.5. The molecule has 3 N–H and O–H groups in total. The lowest BCUT2D eigenvalue weighted by Gasteiger charge is -2.18. The van der Waals surface area contributed by atoms with Gasteiger partial charge in [0, 0.05) is 0 Å². The van der Waals surface area contributed by atoms with Crippen molar-refractivity contribution in [3.05, 3.63) is 66.0 Å². The van der Waals surface area contributed by atoms with E-state index in [1.54, 1.807) is 54.6 Å².